The first-order valence-corrected chi connectivity index (χ1v) is 8.27. The van der Waals surface area contributed by atoms with Crippen LogP contribution in [-0.4, -0.2) is 30.8 Å². The van der Waals surface area contributed by atoms with E-state index in [1.54, 1.807) is 31.1 Å². The standard InChI is InChI=1S/C18H13BrN2O4/c1-24-10-5-3-9(4-6-10)16-15(19)13-7-11-12(18(23)20-17(11)22)8-14(13)21(16)25-2/h3-8H,1-2H3,(H,20,22,23). The van der Waals surface area contributed by atoms with E-state index in [9.17, 15) is 9.59 Å². The minimum Gasteiger partial charge on any atom is -0.497 e. The molecule has 0 radical (unpaired) electrons. The lowest BCUT2D eigenvalue weighted by atomic mass is 10.1. The highest BCUT2D eigenvalue weighted by Crippen LogP contribution is 2.39. The third-order valence-corrected chi connectivity index (χ3v) is 5.07. The molecule has 1 aliphatic heterocycles. The van der Waals surface area contributed by atoms with Crippen molar-refractivity contribution in [2.45, 2.75) is 0 Å². The topological polar surface area (TPSA) is 69.6 Å². The van der Waals surface area contributed by atoms with Crippen LogP contribution in [0.1, 0.15) is 20.7 Å². The monoisotopic (exact) mass is 400 g/mol. The fourth-order valence-corrected chi connectivity index (χ4v) is 3.77. The molecule has 0 saturated carbocycles. The molecule has 4 rings (SSSR count). The van der Waals surface area contributed by atoms with Gasteiger partial charge in [-0.2, -0.15) is 4.73 Å². The van der Waals surface area contributed by atoms with Crippen LogP contribution < -0.4 is 14.9 Å². The molecule has 2 amide bonds. The summed E-state index contributed by atoms with van der Waals surface area (Å²) in [6.45, 7) is 0. The van der Waals surface area contributed by atoms with E-state index in [0.717, 1.165) is 26.9 Å². The first kappa shape index (κ1) is 15.7. The highest BCUT2D eigenvalue weighted by molar-refractivity contribution is 9.10. The molecule has 126 valence electrons. The van der Waals surface area contributed by atoms with E-state index in [1.165, 1.54) is 0 Å². The molecular formula is C18H13BrN2O4. The smallest absolute Gasteiger partial charge is 0.259 e. The van der Waals surface area contributed by atoms with Gasteiger partial charge in [0.1, 0.15) is 18.6 Å². The summed E-state index contributed by atoms with van der Waals surface area (Å²) in [4.78, 5) is 29.4. The molecule has 25 heavy (non-hydrogen) atoms. The van der Waals surface area contributed by atoms with Crippen LogP contribution in [0.25, 0.3) is 22.2 Å². The Morgan fingerprint density at radius 1 is 1.00 bits per heavy atom. The maximum atomic E-state index is 11.9. The van der Waals surface area contributed by atoms with Gasteiger partial charge in [0.15, 0.2) is 0 Å². The Kier molecular flexibility index (Phi) is 3.54. The SMILES string of the molecule is COc1ccc(-c2c(Br)c3cc4c(cc3n2OC)C(=O)NC4=O)cc1. The number of benzene rings is 2. The van der Waals surface area contributed by atoms with E-state index in [0.29, 0.717) is 16.6 Å². The van der Waals surface area contributed by atoms with Crippen molar-refractivity contribution in [3.63, 3.8) is 0 Å². The minimum absolute atomic E-state index is 0.349. The Bertz CT molecular complexity index is 1040. The van der Waals surface area contributed by atoms with Crippen LogP contribution >= 0.6 is 15.9 Å². The quantitative estimate of drug-likeness (QED) is 0.686. The van der Waals surface area contributed by atoms with E-state index >= 15 is 0 Å². The lowest BCUT2D eigenvalue weighted by Crippen LogP contribution is -2.19. The summed E-state index contributed by atoms with van der Waals surface area (Å²) in [5.41, 5.74) is 3.11. The summed E-state index contributed by atoms with van der Waals surface area (Å²) in [6, 6.07) is 10.9. The number of fused-ring (bicyclic) bond motifs is 2. The van der Waals surface area contributed by atoms with E-state index in [1.807, 2.05) is 24.3 Å². The van der Waals surface area contributed by atoms with E-state index < -0.39 is 5.91 Å². The number of hydrogen-bond donors (Lipinski definition) is 1. The molecule has 6 nitrogen and oxygen atoms in total. The number of nitrogens with one attached hydrogen (secondary N) is 1. The fourth-order valence-electron chi connectivity index (χ4n) is 3.07. The molecule has 0 saturated heterocycles. The van der Waals surface area contributed by atoms with Crippen LogP contribution in [0.2, 0.25) is 0 Å². The van der Waals surface area contributed by atoms with Gasteiger partial charge < -0.3 is 9.57 Å². The van der Waals surface area contributed by atoms with Gasteiger partial charge in [0.05, 0.1) is 28.2 Å². The number of imide groups is 1. The first-order valence-electron chi connectivity index (χ1n) is 7.47. The number of methoxy groups -OCH3 is 1. The van der Waals surface area contributed by atoms with Crippen LogP contribution in [0.15, 0.2) is 40.9 Å². The van der Waals surface area contributed by atoms with Crippen molar-refractivity contribution in [3.05, 3.63) is 52.0 Å². The summed E-state index contributed by atoms with van der Waals surface area (Å²) in [7, 11) is 3.16. The molecule has 0 spiro atoms. The maximum Gasteiger partial charge on any atom is 0.259 e. The Balaban J connectivity index is 2.00. The van der Waals surface area contributed by atoms with E-state index in [2.05, 4.69) is 21.2 Å². The second kappa shape index (κ2) is 5.63. The normalized spacial score (nSPS) is 13.1. The van der Waals surface area contributed by atoms with Crippen molar-refractivity contribution < 1.29 is 19.2 Å². The Morgan fingerprint density at radius 2 is 1.64 bits per heavy atom. The van der Waals surface area contributed by atoms with Gasteiger partial charge in [0, 0.05) is 10.9 Å². The second-order valence-electron chi connectivity index (χ2n) is 5.57. The fraction of sp³-hybridized carbons (Fsp3) is 0.111. The largest absolute Gasteiger partial charge is 0.497 e. The number of amides is 2. The molecule has 2 aromatic carbocycles. The third-order valence-electron chi connectivity index (χ3n) is 4.26. The predicted molar refractivity (Wildman–Crippen MR) is 95.9 cm³/mol. The summed E-state index contributed by atoms with van der Waals surface area (Å²) in [6.07, 6.45) is 0. The average Bonchev–Trinajstić information content (AvgIpc) is 3.07. The number of ether oxygens (including phenoxy) is 1. The summed E-state index contributed by atoms with van der Waals surface area (Å²) >= 11 is 3.61. The lowest BCUT2D eigenvalue weighted by molar-refractivity contribution is 0.0879. The van der Waals surface area contributed by atoms with Gasteiger partial charge >= 0.3 is 0 Å². The van der Waals surface area contributed by atoms with Crippen molar-refractivity contribution in [2.24, 2.45) is 0 Å². The first-order chi connectivity index (χ1) is 12.0. The molecule has 0 bridgehead atoms. The number of hydrogen-bond acceptors (Lipinski definition) is 4. The predicted octanol–water partition coefficient (Wildman–Crippen LogP) is 3.02. The van der Waals surface area contributed by atoms with Gasteiger partial charge in [-0.25, -0.2) is 0 Å². The molecule has 1 aliphatic rings. The van der Waals surface area contributed by atoms with Crippen LogP contribution in [0.3, 0.4) is 0 Å². The Labute approximate surface area is 151 Å². The molecule has 3 aromatic rings. The zero-order valence-electron chi connectivity index (χ0n) is 13.4. The molecule has 0 unspecified atom stereocenters. The van der Waals surface area contributed by atoms with Gasteiger partial charge in [0.25, 0.3) is 11.8 Å². The van der Waals surface area contributed by atoms with Crippen LogP contribution in [0.5, 0.6) is 5.75 Å². The number of rotatable bonds is 3. The molecule has 7 heteroatoms. The zero-order valence-corrected chi connectivity index (χ0v) is 15.0. The molecule has 0 atom stereocenters. The van der Waals surface area contributed by atoms with Gasteiger partial charge in [-0.05, 0) is 52.3 Å². The van der Waals surface area contributed by atoms with Gasteiger partial charge in [0.2, 0.25) is 0 Å². The number of carbonyl (C=O) groups is 2. The van der Waals surface area contributed by atoms with Crippen molar-refractivity contribution in [3.8, 4) is 17.0 Å². The Morgan fingerprint density at radius 3 is 2.24 bits per heavy atom. The van der Waals surface area contributed by atoms with Gasteiger partial charge in [-0.3, -0.25) is 14.9 Å². The van der Waals surface area contributed by atoms with Crippen molar-refractivity contribution in [2.75, 3.05) is 14.2 Å². The molecule has 2 heterocycles. The number of nitrogens with zero attached hydrogens (tertiary/aromatic N) is 1. The van der Waals surface area contributed by atoms with Crippen LogP contribution in [0, 0.1) is 0 Å². The summed E-state index contributed by atoms with van der Waals surface area (Å²) in [5, 5.41) is 3.09. The average molecular weight is 401 g/mol. The lowest BCUT2D eigenvalue weighted by Gasteiger charge is -2.10. The number of halogens is 1. The third kappa shape index (κ3) is 2.23. The molecule has 1 aromatic heterocycles. The molecule has 1 N–H and O–H groups in total. The van der Waals surface area contributed by atoms with Crippen molar-refractivity contribution >= 4 is 38.6 Å². The Hall–Kier alpha value is -2.80. The van der Waals surface area contributed by atoms with Crippen molar-refractivity contribution in [1.29, 1.82) is 0 Å². The number of aromatic nitrogens is 1. The summed E-state index contributed by atoms with van der Waals surface area (Å²) in [5.74, 6) is -0.0287. The van der Waals surface area contributed by atoms with Gasteiger partial charge in [-0.15, -0.1) is 0 Å². The van der Waals surface area contributed by atoms with Crippen LogP contribution in [0.4, 0.5) is 0 Å². The number of carbonyl (C=O) groups excluding carboxylic acids is 2. The minimum atomic E-state index is -0.395. The highest BCUT2D eigenvalue weighted by Gasteiger charge is 2.30. The molecular weight excluding hydrogens is 388 g/mol. The van der Waals surface area contributed by atoms with Crippen LogP contribution in [-0.2, 0) is 0 Å². The van der Waals surface area contributed by atoms with E-state index in [4.69, 9.17) is 9.57 Å². The van der Waals surface area contributed by atoms with Gasteiger partial charge in [-0.1, -0.05) is 0 Å². The highest BCUT2D eigenvalue weighted by atomic mass is 79.9. The maximum absolute atomic E-state index is 11.9. The van der Waals surface area contributed by atoms with E-state index in [-0.39, 0.29) is 5.91 Å². The summed E-state index contributed by atoms with van der Waals surface area (Å²) < 4.78 is 7.61. The zero-order chi connectivity index (χ0) is 17.7. The van der Waals surface area contributed by atoms with Crippen molar-refractivity contribution in [1.82, 2.24) is 10.0 Å². The molecule has 0 fully saturated rings. The molecule has 0 aliphatic carbocycles. The second-order valence-corrected chi connectivity index (χ2v) is 6.36.